The van der Waals surface area contributed by atoms with E-state index in [9.17, 15) is 4.79 Å². The maximum atomic E-state index is 12.1. The van der Waals surface area contributed by atoms with E-state index in [-0.39, 0.29) is 5.91 Å². The number of nitrogens with zero attached hydrogens (tertiary/aromatic N) is 3. The van der Waals surface area contributed by atoms with E-state index in [2.05, 4.69) is 46.5 Å². The highest BCUT2D eigenvalue weighted by Gasteiger charge is 2.15. The molecule has 1 aliphatic heterocycles. The van der Waals surface area contributed by atoms with Gasteiger partial charge in [-0.05, 0) is 56.7 Å². The van der Waals surface area contributed by atoms with Crippen LogP contribution >= 0.6 is 0 Å². The molecule has 0 spiro atoms. The zero-order valence-electron chi connectivity index (χ0n) is 16.2. The predicted octanol–water partition coefficient (Wildman–Crippen LogP) is 2.93. The molecule has 0 fully saturated rings. The zero-order chi connectivity index (χ0) is 18.5. The Hall–Kier alpha value is -2.30. The van der Waals surface area contributed by atoms with Crippen molar-refractivity contribution in [1.29, 1.82) is 0 Å². The summed E-state index contributed by atoms with van der Waals surface area (Å²) in [7, 11) is 1.95. The largest absolute Gasteiger partial charge is 0.371 e. The van der Waals surface area contributed by atoms with Crippen LogP contribution in [0.1, 0.15) is 41.8 Å². The minimum atomic E-state index is 0.131. The van der Waals surface area contributed by atoms with E-state index in [1.807, 2.05) is 18.7 Å². The summed E-state index contributed by atoms with van der Waals surface area (Å²) in [6.45, 7) is 6.92. The Morgan fingerprint density at radius 1 is 1.27 bits per heavy atom. The van der Waals surface area contributed by atoms with Crippen molar-refractivity contribution in [2.75, 3.05) is 24.5 Å². The molecule has 2 heterocycles. The maximum Gasteiger partial charge on any atom is 0.220 e. The molecule has 0 aliphatic carbocycles. The van der Waals surface area contributed by atoms with Crippen molar-refractivity contribution >= 4 is 11.6 Å². The molecule has 0 atom stereocenters. The normalized spacial score (nSPS) is 13.6. The van der Waals surface area contributed by atoms with Crippen molar-refractivity contribution in [2.45, 2.75) is 46.0 Å². The average Bonchev–Trinajstić information content (AvgIpc) is 2.89. The molecule has 1 amide bonds. The summed E-state index contributed by atoms with van der Waals surface area (Å²) in [5.74, 6) is 0.131. The van der Waals surface area contributed by atoms with Crippen LogP contribution in [0.25, 0.3) is 0 Å². The van der Waals surface area contributed by atoms with Gasteiger partial charge in [-0.2, -0.15) is 5.10 Å². The fraction of sp³-hybridized carbons (Fsp3) is 0.524. The predicted molar refractivity (Wildman–Crippen MR) is 106 cm³/mol. The molecule has 26 heavy (non-hydrogen) atoms. The lowest BCUT2D eigenvalue weighted by atomic mass is 10.0. The molecule has 5 heteroatoms. The van der Waals surface area contributed by atoms with Crippen molar-refractivity contribution in [3.63, 3.8) is 0 Å². The smallest absolute Gasteiger partial charge is 0.220 e. The van der Waals surface area contributed by atoms with Crippen molar-refractivity contribution in [3.05, 3.63) is 46.8 Å². The van der Waals surface area contributed by atoms with Crippen LogP contribution in [0.15, 0.2) is 24.3 Å². The van der Waals surface area contributed by atoms with Crippen molar-refractivity contribution < 1.29 is 4.79 Å². The van der Waals surface area contributed by atoms with Crippen molar-refractivity contribution in [1.82, 2.24) is 15.1 Å². The maximum absolute atomic E-state index is 12.1. The van der Waals surface area contributed by atoms with Gasteiger partial charge in [-0.1, -0.05) is 18.2 Å². The molecule has 1 N–H and O–H groups in total. The molecule has 5 nitrogen and oxygen atoms in total. The molecule has 140 valence electrons. The van der Waals surface area contributed by atoms with E-state index in [1.165, 1.54) is 29.7 Å². The fourth-order valence-corrected chi connectivity index (χ4v) is 3.85. The van der Waals surface area contributed by atoms with E-state index in [4.69, 9.17) is 0 Å². The van der Waals surface area contributed by atoms with Gasteiger partial charge in [-0.15, -0.1) is 0 Å². The molecular formula is C21H30N4O. The van der Waals surface area contributed by atoms with E-state index >= 15 is 0 Å². The first kappa shape index (κ1) is 18.5. The van der Waals surface area contributed by atoms with Gasteiger partial charge in [0.25, 0.3) is 0 Å². The standard InChI is InChI=1S/C21H30N4O/c1-16-19(17(2)24(3)23-16)11-12-21(26)22-13-7-15-25-14-6-9-18-8-4-5-10-20(18)25/h4-5,8,10H,6-7,9,11-15H2,1-3H3,(H,22,26). The molecule has 0 saturated heterocycles. The summed E-state index contributed by atoms with van der Waals surface area (Å²) >= 11 is 0. The van der Waals surface area contributed by atoms with Crippen LogP contribution in [0.4, 0.5) is 5.69 Å². The van der Waals surface area contributed by atoms with Gasteiger partial charge in [-0.25, -0.2) is 0 Å². The van der Waals surface area contributed by atoms with Crippen LogP contribution in [-0.4, -0.2) is 35.3 Å². The number of nitrogens with one attached hydrogen (secondary N) is 1. The number of aryl methyl sites for hydroxylation is 3. The molecule has 1 aromatic carbocycles. The Morgan fingerprint density at radius 2 is 2.08 bits per heavy atom. The summed E-state index contributed by atoms with van der Waals surface area (Å²) in [5.41, 5.74) is 6.20. The van der Waals surface area contributed by atoms with Crippen LogP contribution in [-0.2, 0) is 24.7 Å². The molecule has 0 unspecified atom stereocenters. The zero-order valence-corrected chi connectivity index (χ0v) is 16.2. The lowest BCUT2D eigenvalue weighted by Crippen LogP contribution is -2.33. The second-order valence-electron chi connectivity index (χ2n) is 7.20. The number of anilines is 1. The number of benzene rings is 1. The SMILES string of the molecule is Cc1nn(C)c(C)c1CCC(=O)NCCCN1CCCc2ccccc21. The molecular weight excluding hydrogens is 324 g/mol. The van der Waals surface area contributed by atoms with Crippen molar-refractivity contribution in [2.24, 2.45) is 7.05 Å². The molecule has 3 rings (SSSR count). The van der Waals surface area contributed by atoms with E-state index in [0.29, 0.717) is 6.42 Å². The number of carbonyl (C=O) groups is 1. The van der Waals surface area contributed by atoms with Crippen LogP contribution < -0.4 is 10.2 Å². The van der Waals surface area contributed by atoms with Gasteiger partial charge in [-0.3, -0.25) is 9.48 Å². The molecule has 0 radical (unpaired) electrons. The van der Waals surface area contributed by atoms with E-state index in [0.717, 1.165) is 43.9 Å². The number of para-hydroxylation sites is 1. The van der Waals surface area contributed by atoms with Gasteiger partial charge in [0, 0.05) is 44.5 Å². The number of aromatic nitrogens is 2. The fourth-order valence-electron chi connectivity index (χ4n) is 3.85. The number of hydrogen-bond acceptors (Lipinski definition) is 3. The molecule has 2 aromatic rings. The highest BCUT2D eigenvalue weighted by molar-refractivity contribution is 5.76. The van der Waals surface area contributed by atoms with E-state index < -0.39 is 0 Å². The van der Waals surface area contributed by atoms with Gasteiger partial charge in [0.15, 0.2) is 0 Å². The Kier molecular flexibility index (Phi) is 5.96. The molecule has 1 aromatic heterocycles. The number of carbonyl (C=O) groups excluding carboxylic acids is 1. The molecule has 0 saturated carbocycles. The lowest BCUT2D eigenvalue weighted by Gasteiger charge is -2.31. The highest BCUT2D eigenvalue weighted by Crippen LogP contribution is 2.26. The van der Waals surface area contributed by atoms with Gasteiger partial charge in [0.1, 0.15) is 0 Å². The van der Waals surface area contributed by atoms with Crippen LogP contribution in [0.5, 0.6) is 0 Å². The van der Waals surface area contributed by atoms with Crippen LogP contribution in [0.2, 0.25) is 0 Å². The van der Waals surface area contributed by atoms with Crippen LogP contribution in [0.3, 0.4) is 0 Å². The average molecular weight is 354 g/mol. The number of rotatable bonds is 7. The summed E-state index contributed by atoms with van der Waals surface area (Å²) < 4.78 is 1.89. The topological polar surface area (TPSA) is 50.2 Å². The second-order valence-corrected chi connectivity index (χ2v) is 7.20. The number of hydrogen-bond donors (Lipinski definition) is 1. The molecule has 1 aliphatic rings. The second kappa shape index (κ2) is 8.39. The first-order valence-electron chi connectivity index (χ1n) is 9.65. The van der Waals surface area contributed by atoms with Crippen LogP contribution in [0, 0.1) is 13.8 Å². The first-order chi connectivity index (χ1) is 12.6. The van der Waals surface area contributed by atoms with Gasteiger partial charge >= 0.3 is 0 Å². The van der Waals surface area contributed by atoms with Gasteiger partial charge < -0.3 is 10.2 Å². The Morgan fingerprint density at radius 3 is 2.85 bits per heavy atom. The number of fused-ring (bicyclic) bond motifs is 1. The Labute approximate surface area is 156 Å². The minimum Gasteiger partial charge on any atom is -0.371 e. The third kappa shape index (κ3) is 4.26. The third-order valence-electron chi connectivity index (χ3n) is 5.39. The summed E-state index contributed by atoms with van der Waals surface area (Å²) in [6.07, 6.45) is 4.66. The minimum absolute atomic E-state index is 0.131. The van der Waals surface area contributed by atoms with Gasteiger partial charge in [0.2, 0.25) is 5.91 Å². The monoisotopic (exact) mass is 354 g/mol. The third-order valence-corrected chi connectivity index (χ3v) is 5.39. The van der Waals surface area contributed by atoms with E-state index in [1.54, 1.807) is 0 Å². The highest BCUT2D eigenvalue weighted by atomic mass is 16.1. The Bertz CT molecular complexity index is 765. The Balaban J connectivity index is 1.40. The molecule has 0 bridgehead atoms. The van der Waals surface area contributed by atoms with Crippen molar-refractivity contribution in [3.8, 4) is 0 Å². The lowest BCUT2D eigenvalue weighted by molar-refractivity contribution is -0.121. The quantitative estimate of drug-likeness (QED) is 0.778. The summed E-state index contributed by atoms with van der Waals surface area (Å²) in [4.78, 5) is 14.6. The van der Waals surface area contributed by atoms with Gasteiger partial charge in [0.05, 0.1) is 5.69 Å². The summed E-state index contributed by atoms with van der Waals surface area (Å²) in [5, 5.41) is 7.48. The summed E-state index contributed by atoms with van der Waals surface area (Å²) in [6, 6.07) is 8.67. The first-order valence-corrected chi connectivity index (χ1v) is 9.65. The number of amides is 1.